The van der Waals surface area contributed by atoms with Gasteiger partial charge in [-0.1, -0.05) is 29.8 Å². The number of carbonyl (C=O) groups is 2. The molecule has 1 aliphatic rings. The van der Waals surface area contributed by atoms with Gasteiger partial charge in [-0.2, -0.15) is 5.10 Å². The number of phenols is 1. The van der Waals surface area contributed by atoms with Gasteiger partial charge in [0.05, 0.1) is 16.8 Å². The number of H-pyrrole nitrogens is 1. The maximum Gasteiger partial charge on any atom is 0.261 e. The van der Waals surface area contributed by atoms with E-state index in [9.17, 15) is 14.7 Å². The van der Waals surface area contributed by atoms with E-state index in [0.717, 1.165) is 34.3 Å². The lowest BCUT2D eigenvalue weighted by Crippen LogP contribution is -2.27. The molecule has 5 rings (SSSR count). The smallest absolute Gasteiger partial charge is 0.261 e. The number of aromatic nitrogens is 2. The van der Waals surface area contributed by atoms with Crippen LogP contribution in [0.5, 0.6) is 5.75 Å². The Morgan fingerprint density at radius 2 is 1.97 bits per heavy atom. The van der Waals surface area contributed by atoms with Crippen LogP contribution >= 0.6 is 0 Å². The number of nitrogens with zero attached hydrogens (tertiary/aromatic N) is 3. The van der Waals surface area contributed by atoms with E-state index in [1.807, 2.05) is 37.3 Å². The zero-order chi connectivity index (χ0) is 24.0. The normalized spacial score (nSPS) is 12.7. The Bertz CT molecular complexity index is 1440. The van der Waals surface area contributed by atoms with Crippen molar-refractivity contribution >= 4 is 34.1 Å². The lowest BCUT2D eigenvalue weighted by Gasteiger charge is -2.20. The molecule has 0 radical (unpaired) electrons. The number of amides is 2. The topological polar surface area (TPSA) is 89.5 Å². The van der Waals surface area contributed by atoms with Gasteiger partial charge in [-0.15, -0.1) is 0 Å². The molecule has 2 heterocycles. The first kappa shape index (κ1) is 21.7. The first-order valence-corrected chi connectivity index (χ1v) is 11.3. The number of benzene rings is 3. The van der Waals surface area contributed by atoms with E-state index in [4.69, 9.17) is 0 Å². The Hall–Kier alpha value is -4.13. The van der Waals surface area contributed by atoms with Gasteiger partial charge in [-0.25, -0.2) is 0 Å². The van der Waals surface area contributed by atoms with Crippen LogP contribution in [0.25, 0.3) is 10.9 Å². The zero-order valence-corrected chi connectivity index (χ0v) is 19.4. The second kappa shape index (κ2) is 8.33. The third-order valence-corrected chi connectivity index (χ3v) is 6.47. The first-order valence-electron chi connectivity index (χ1n) is 11.3. The van der Waals surface area contributed by atoms with Gasteiger partial charge in [0.1, 0.15) is 5.75 Å². The lowest BCUT2D eigenvalue weighted by atomic mass is 10.0. The molecule has 7 nitrogen and oxygen atoms in total. The summed E-state index contributed by atoms with van der Waals surface area (Å²) in [5.74, 6) is -0.404. The molecule has 1 aromatic heterocycles. The molecule has 3 aromatic carbocycles. The first-order chi connectivity index (χ1) is 16.3. The van der Waals surface area contributed by atoms with Gasteiger partial charge in [0.2, 0.25) is 5.91 Å². The second-order valence-electron chi connectivity index (χ2n) is 8.85. The quantitative estimate of drug-likeness (QED) is 0.480. The molecule has 0 atom stereocenters. The molecule has 0 saturated heterocycles. The van der Waals surface area contributed by atoms with Crippen LogP contribution in [0, 0.1) is 6.92 Å². The number of phenolic OH excluding ortho intramolecular Hbond substituents is 1. The fourth-order valence-electron chi connectivity index (χ4n) is 4.65. The molecule has 34 heavy (non-hydrogen) atoms. The number of nitrogens with one attached hydrogen (secondary N) is 1. The Labute approximate surface area is 197 Å². The predicted molar refractivity (Wildman–Crippen MR) is 133 cm³/mol. The summed E-state index contributed by atoms with van der Waals surface area (Å²) in [5.41, 5.74) is 6.65. The average Bonchev–Trinajstić information content (AvgIpc) is 3.41. The van der Waals surface area contributed by atoms with Crippen LogP contribution in [0.4, 0.5) is 11.4 Å². The molecule has 0 spiro atoms. The standard InChI is InChI=1S/C27H26N4O3/c1-16-5-4-6-18(11-16)12-23-21-14-22(26(33)15-24(21)29-28-23)27(34)30(3)20-7-8-25-19(13-20)9-10-31(25)17(2)32/h4-8,11,13-15,33H,9-10,12H2,1-3H3,(H,28,29). The van der Waals surface area contributed by atoms with Crippen molar-refractivity contribution in [2.75, 3.05) is 23.4 Å². The number of rotatable bonds is 4. The number of fused-ring (bicyclic) bond motifs is 2. The summed E-state index contributed by atoms with van der Waals surface area (Å²) >= 11 is 0. The molecule has 172 valence electrons. The zero-order valence-electron chi connectivity index (χ0n) is 19.4. The third kappa shape index (κ3) is 3.79. The van der Waals surface area contributed by atoms with Crippen molar-refractivity contribution in [2.45, 2.75) is 26.7 Å². The second-order valence-corrected chi connectivity index (χ2v) is 8.85. The lowest BCUT2D eigenvalue weighted by molar-refractivity contribution is -0.116. The van der Waals surface area contributed by atoms with Crippen LogP contribution in [0.1, 0.15) is 39.7 Å². The van der Waals surface area contributed by atoms with Gasteiger partial charge < -0.3 is 14.9 Å². The largest absolute Gasteiger partial charge is 0.507 e. The van der Waals surface area contributed by atoms with Gasteiger partial charge in [-0.05, 0) is 48.7 Å². The number of anilines is 2. The summed E-state index contributed by atoms with van der Waals surface area (Å²) in [6, 6.07) is 17.1. The summed E-state index contributed by atoms with van der Waals surface area (Å²) in [7, 11) is 1.69. The number of aromatic amines is 1. The molecule has 1 aliphatic heterocycles. The van der Waals surface area contributed by atoms with E-state index in [0.29, 0.717) is 24.2 Å². The Balaban J connectivity index is 1.46. The van der Waals surface area contributed by atoms with Crippen LogP contribution in [0.15, 0.2) is 54.6 Å². The van der Waals surface area contributed by atoms with Crippen molar-refractivity contribution in [2.24, 2.45) is 0 Å². The molecule has 2 amide bonds. The van der Waals surface area contributed by atoms with E-state index in [1.165, 1.54) is 10.5 Å². The molecule has 7 heteroatoms. The average molecular weight is 455 g/mol. The van der Waals surface area contributed by atoms with Crippen LogP contribution in [0.2, 0.25) is 0 Å². The molecule has 0 fully saturated rings. The van der Waals surface area contributed by atoms with Crippen molar-refractivity contribution in [3.05, 3.63) is 82.5 Å². The van der Waals surface area contributed by atoms with Gasteiger partial charge in [0.25, 0.3) is 5.91 Å². The number of aromatic hydroxyl groups is 1. The SMILES string of the molecule is CC(=O)N1CCc2cc(N(C)C(=O)c3cc4c(Cc5cccc(C)c5)n[nH]c4cc3O)ccc21. The molecule has 0 saturated carbocycles. The summed E-state index contributed by atoms with van der Waals surface area (Å²) in [6.45, 7) is 4.25. The van der Waals surface area contributed by atoms with Crippen molar-refractivity contribution in [1.82, 2.24) is 10.2 Å². The minimum Gasteiger partial charge on any atom is -0.507 e. The van der Waals surface area contributed by atoms with Gasteiger partial charge >= 0.3 is 0 Å². The van der Waals surface area contributed by atoms with Crippen molar-refractivity contribution in [3.63, 3.8) is 0 Å². The highest BCUT2D eigenvalue weighted by Crippen LogP contribution is 2.33. The van der Waals surface area contributed by atoms with Gasteiger partial charge in [0, 0.05) is 49.8 Å². The fraction of sp³-hybridized carbons (Fsp3) is 0.222. The van der Waals surface area contributed by atoms with E-state index in [1.54, 1.807) is 31.0 Å². The molecule has 0 aliphatic carbocycles. The summed E-state index contributed by atoms with van der Waals surface area (Å²) < 4.78 is 0. The van der Waals surface area contributed by atoms with Crippen molar-refractivity contribution in [3.8, 4) is 5.75 Å². The minimum absolute atomic E-state index is 0.00994. The predicted octanol–water partition coefficient (Wildman–Crippen LogP) is 4.35. The van der Waals surface area contributed by atoms with Crippen LogP contribution < -0.4 is 9.80 Å². The fourth-order valence-corrected chi connectivity index (χ4v) is 4.65. The highest BCUT2D eigenvalue weighted by Gasteiger charge is 2.25. The molecular weight excluding hydrogens is 428 g/mol. The van der Waals surface area contributed by atoms with Gasteiger partial charge in [0.15, 0.2) is 0 Å². The minimum atomic E-state index is -0.316. The monoisotopic (exact) mass is 454 g/mol. The highest BCUT2D eigenvalue weighted by molar-refractivity contribution is 6.10. The van der Waals surface area contributed by atoms with E-state index >= 15 is 0 Å². The summed E-state index contributed by atoms with van der Waals surface area (Å²) in [6.07, 6.45) is 1.37. The Kier molecular flexibility index (Phi) is 5.32. The summed E-state index contributed by atoms with van der Waals surface area (Å²) in [5, 5.41) is 18.8. The van der Waals surface area contributed by atoms with E-state index in [-0.39, 0.29) is 23.1 Å². The number of carbonyl (C=O) groups excluding carboxylic acids is 2. The highest BCUT2D eigenvalue weighted by atomic mass is 16.3. The Morgan fingerprint density at radius 3 is 2.74 bits per heavy atom. The maximum atomic E-state index is 13.4. The van der Waals surface area contributed by atoms with Crippen LogP contribution in [-0.4, -0.2) is 40.7 Å². The van der Waals surface area contributed by atoms with Gasteiger partial charge in [-0.3, -0.25) is 14.7 Å². The molecular formula is C27H26N4O3. The summed E-state index contributed by atoms with van der Waals surface area (Å²) in [4.78, 5) is 28.5. The molecule has 4 aromatic rings. The number of hydrogen-bond acceptors (Lipinski definition) is 4. The third-order valence-electron chi connectivity index (χ3n) is 6.47. The van der Waals surface area contributed by atoms with Crippen LogP contribution in [-0.2, 0) is 17.6 Å². The van der Waals surface area contributed by atoms with Crippen molar-refractivity contribution < 1.29 is 14.7 Å². The van der Waals surface area contributed by atoms with E-state index in [2.05, 4.69) is 22.3 Å². The molecule has 2 N–H and O–H groups in total. The van der Waals surface area contributed by atoms with Crippen molar-refractivity contribution in [1.29, 1.82) is 0 Å². The van der Waals surface area contributed by atoms with Crippen LogP contribution in [0.3, 0.4) is 0 Å². The molecule has 0 bridgehead atoms. The number of aryl methyl sites for hydroxylation is 1. The molecule has 0 unspecified atom stereocenters. The maximum absolute atomic E-state index is 13.4. The van der Waals surface area contributed by atoms with E-state index < -0.39 is 0 Å². The Morgan fingerprint density at radius 1 is 1.15 bits per heavy atom. The number of hydrogen-bond donors (Lipinski definition) is 2.